The molecule has 4 nitrogen and oxygen atoms in total. The summed E-state index contributed by atoms with van der Waals surface area (Å²) in [6.07, 6.45) is 33.5. The molecule has 0 radical (unpaired) electrons. The van der Waals surface area contributed by atoms with Crippen LogP contribution in [0.1, 0.15) is 181 Å². The Labute approximate surface area is 230 Å². The Morgan fingerprint density at radius 1 is 0.568 bits per heavy atom. The minimum atomic E-state index is -0.771. The summed E-state index contributed by atoms with van der Waals surface area (Å²) in [5.74, 6) is -0.868. The summed E-state index contributed by atoms with van der Waals surface area (Å²) in [7, 11) is 0. The number of aliphatic carboxylic acids is 1. The molecule has 0 saturated heterocycles. The fourth-order valence-electron chi connectivity index (χ4n) is 4.82. The molecule has 0 aromatic heterocycles. The topological polar surface area (TPSA) is 63.6 Å². The molecule has 37 heavy (non-hydrogen) atoms. The Morgan fingerprint density at radius 2 is 1.03 bits per heavy atom. The highest BCUT2D eigenvalue weighted by Crippen LogP contribution is 2.18. The number of carboxylic acids is 1. The van der Waals surface area contributed by atoms with Gasteiger partial charge in [-0.3, -0.25) is 9.59 Å². The molecular weight excluding hydrogens is 460 g/mol. The Balaban J connectivity index is 3.88. The number of carboxylic acid groups (broad SMARTS) is 1. The molecule has 1 N–H and O–H groups in total. The number of ether oxygens (including phenoxy) is 1. The molecule has 1 unspecified atom stereocenters. The van der Waals surface area contributed by atoms with Gasteiger partial charge in [-0.15, -0.1) is 0 Å². The van der Waals surface area contributed by atoms with Crippen LogP contribution in [0.4, 0.5) is 0 Å². The molecule has 0 fully saturated rings. The lowest BCUT2D eigenvalue weighted by Gasteiger charge is -2.18. The second kappa shape index (κ2) is 29.2. The molecule has 0 rings (SSSR count). The van der Waals surface area contributed by atoms with Gasteiger partial charge in [0, 0.05) is 12.8 Å². The average molecular weight is 523 g/mol. The predicted molar refractivity (Wildman–Crippen MR) is 158 cm³/mol. The summed E-state index contributed by atoms with van der Waals surface area (Å²) in [4.78, 5) is 23.3. The zero-order valence-electron chi connectivity index (χ0n) is 24.8. The van der Waals surface area contributed by atoms with Crippen LogP contribution in [0.15, 0.2) is 12.2 Å². The standard InChI is InChI=1S/C33H62O4/c1-3-5-7-9-11-13-15-17-19-21-23-25-30-33(36)37-31(28-26-29-32(34)35)27-24-22-20-18-16-14-12-10-8-6-4-2/h9,11,31H,3-8,10,12-30H2,1-2H3,(H,34,35)/b11-9-. The van der Waals surface area contributed by atoms with E-state index < -0.39 is 5.97 Å². The summed E-state index contributed by atoms with van der Waals surface area (Å²) in [5, 5.41) is 8.95. The normalized spacial score (nSPS) is 12.3. The van der Waals surface area contributed by atoms with Gasteiger partial charge in [-0.05, 0) is 51.4 Å². The molecule has 1 atom stereocenters. The fraction of sp³-hybridized carbons (Fsp3) is 0.879. The lowest BCUT2D eigenvalue weighted by Crippen LogP contribution is -2.18. The molecule has 218 valence electrons. The van der Waals surface area contributed by atoms with Crippen molar-refractivity contribution in [3.63, 3.8) is 0 Å². The van der Waals surface area contributed by atoms with Crippen molar-refractivity contribution in [1.82, 2.24) is 0 Å². The number of carbonyl (C=O) groups is 2. The summed E-state index contributed by atoms with van der Waals surface area (Å²) in [5.41, 5.74) is 0. The van der Waals surface area contributed by atoms with Gasteiger partial charge >= 0.3 is 11.9 Å². The van der Waals surface area contributed by atoms with Gasteiger partial charge in [-0.2, -0.15) is 0 Å². The van der Waals surface area contributed by atoms with Crippen molar-refractivity contribution >= 4 is 11.9 Å². The third kappa shape index (κ3) is 29.1. The lowest BCUT2D eigenvalue weighted by molar-refractivity contribution is -0.150. The van der Waals surface area contributed by atoms with Crippen LogP contribution in [-0.4, -0.2) is 23.1 Å². The van der Waals surface area contributed by atoms with Crippen LogP contribution in [-0.2, 0) is 14.3 Å². The number of rotatable bonds is 29. The third-order valence-electron chi connectivity index (χ3n) is 7.24. The zero-order chi connectivity index (χ0) is 27.2. The Bertz CT molecular complexity index is 528. The minimum Gasteiger partial charge on any atom is -0.481 e. The first-order valence-corrected chi connectivity index (χ1v) is 16.2. The highest BCUT2D eigenvalue weighted by atomic mass is 16.5. The van der Waals surface area contributed by atoms with E-state index >= 15 is 0 Å². The lowest BCUT2D eigenvalue weighted by atomic mass is 10.0. The second-order valence-corrected chi connectivity index (χ2v) is 11.0. The number of allylic oxidation sites excluding steroid dienone is 2. The number of unbranched alkanes of at least 4 members (excludes halogenated alkanes) is 18. The fourth-order valence-corrected chi connectivity index (χ4v) is 4.82. The van der Waals surface area contributed by atoms with Crippen LogP contribution >= 0.6 is 0 Å². The highest BCUT2D eigenvalue weighted by Gasteiger charge is 2.15. The Morgan fingerprint density at radius 3 is 1.59 bits per heavy atom. The van der Waals surface area contributed by atoms with Gasteiger partial charge in [0.2, 0.25) is 0 Å². The quantitative estimate of drug-likeness (QED) is 0.0602. The van der Waals surface area contributed by atoms with Crippen LogP contribution in [0.25, 0.3) is 0 Å². The second-order valence-electron chi connectivity index (χ2n) is 11.0. The van der Waals surface area contributed by atoms with Gasteiger partial charge in [0.15, 0.2) is 0 Å². The number of carbonyl (C=O) groups excluding carboxylic acids is 1. The molecule has 0 spiro atoms. The Hall–Kier alpha value is -1.32. The van der Waals surface area contributed by atoms with E-state index in [0.717, 1.165) is 25.7 Å². The van der Waals surface area contributed by atoms with E-state index in [4.69, 9.17) is 9.84 Å². The maximum absolute atomic E-state index is 12.4. The molecule has 0 aliphatic carbocycles. The molecule has 0 bridgehead atoms. The smallest absolute Gasteiger partial charge is 0.306 e. The maximum atomic E-state index is 12.4. The predicted octanol–water partition coefficient (Wildman–Crippen LogP) is 10.7. The maximum Gasteiger partial charge on any atom is 0.306 e. The average Bonchev–Trinajstić information content (AvgIpc) is 2.87. The van der Waals surface area contributed by atoms with Crippen molar-refractivity contribution in [2.75, 3.05) is 0 Å². The van der Waals surface area contributed by atoms with Crippen LogP contribution in [0.5, 0.6) is 0 Å². The number of hydrogen-bond donors (Lipinski definition) is 1. The van der Waals surface area contributed by atoms with Crippen LogP contribution in [0, 0.1) is 0 Å². The third-order valence-corrected chi connectivity index (χ3v) is 7.24. The van der Waals surface area contributed by atoms with Crippen molar-refractivity contribution in [3.8, 4) is 0 Å². The van der Waals surface area contributed by atoms with E-state index in [2.05, 4.69) is 26.0 Å². The molecule has 0 aliphatic rings. The first kappa shape index (κ1) is 35.7. The van der Waals surface area contributed by atoms with Gasteiger partial charge in [0.1, 0.15) is 6.10 Å². The van der Waals surface area contributed by atoms with E-state index in [0.29, 0.717) is 19.3 Å². The van der Waals surface area contributed by atoms with Crippen molar-refractivity contribution in [1.29, 1.82) is 0 Å². The van der Waals surface area contributed by atoms with Crippen LogP contribution in [0.3, 0.4) is 0 Å². The molecule has 0 aliphatic heterocycles. The molecule has 0 amide bonds. The molecule has 0 aromatic rings. The number of esters is 1. The monoisotopic (exact) mass is 522 g/mol. The summed E-state index contributed by atoms with van der Waals surface area (Å²) < 4.78 is 5.78. The molecule has 0 saturated carbocycles. The molecular formula is C33H62O4. The van der Waals surface area contributed by atoms with Gasteiger partial charge in [0.05, 0.1) is 0 Å². The number of hydrogen-bond acceptors (Lipinski definition) is 3. The zero-order valence-corrected chi connectivity index (χ0v) is 24.8. The largest absolute Gasteiger partial charge is 0.481 e. The summed E-state index contributed by atoms with van der Waals surface area (Å²) in [6.45, 7) is 4.49. The molecule has 0 heterocycles. The van der Waals surface area contributed by atoms with Crippen molar-refractivity contribution < 1.29 is 19.4 Å². The van der Waals surface area contributed by atoms with Crippen molar-refractivity contribution in [2.45, 2.75) is 187 Å². The van der Waals surface area contributed by atoms with Gasteiger partial charge in [-0.1, -0.05) is 129 Å². The van der Waals surface area contributed by atoms with Crippen LogP contribution < -0.4 is 0 Å². The molecule has 4 heteroatoms. The SMILES string of the molecule is CCCC/C=C\CCCCCCCCC(=O)OC(CCCCCCCCCCCCC)CCCC(=O)O. The summed E-state index contributed by atoms with van der Waals surface area (Å²) >= 11 is 0. The minimum absolute atomic E-state index is 0.0967. The van der Waals surface area contributed by atoms with E-state index in [9.17, 15) is 9.59 Å². The van der Waals surface area contributed by atoms with Gasteiger partial charge < -0.3 is 9.84 Å². The first-order chi connectivity index (χ1) is 18.1. The Kier molecular flexibility index (Phi) is 28.2. The van der Waals surface area contributed by atoms with Gasteiger partial charge in [-0.25, -0.2) is 0 Å². The van der Waals surface area contributed by atoms with Crippen molar-refractivity contribution in [2.24, 2.45) is 0 Å². The van der Waals surface area contributed by atoms with E-state index in [1.165, 1.54) is 116 Å². The van der Waals surface area contributed by atoms with E-state index in [-0.39, 0.29) is 18.5 Å². The van der Waals surface area contributed by atoms with Crippen LogP contribution in [0.2, 0.25) is 0 Å². The van der Waals surface area contributed by atoms with Gasteiger partial charge in [0.25, 0.3) is 0 Å². The molecule has 0 aromatic carbocycles. The highest BCUT2D eigenvalue weighted by molar-refractivity contribution is 5.69. The van der Waals surface area contributed by atoms with E-state index in [1.54, 1.807) is 0 Å². The van der Waals surface area contributed by atoms with E-state index in [1.807, 2.05) is 0 Å². The summed E-state index contributed by atoms with van der Waals surface area (Å²) in [6, 6.07) is 0. The van der Waals surface area contributed by atoms with Crippen molar-refractivity contribution in [3.05, 3.63) is 12.2 Å². The first-order valence-electron chi connectivity index (χ1n) is 16.2.